The van der Waals surface area contributed by atoms with Gasteiger partial charge in [0.2, 0.25) is 0 Å². The normalized spacial score (nSPS) is 15.3. The SMILES string of the molecule is Cc1ccccc1COc1ccc2c(c1)/C(=N/NC(=S)Nc1ccc(F)c(Cl)c1)CC(C)(C)O2. The molecule has 0 saturated carbocycles. The van der Waals surface area contributed by atoms with Gasteiger partial charge in [0.25, 0.3) is 0 Å². The van der Waals surface area contributed by atoms with Crippen LogP contribution in [0.5, 0.6) is 11.5 Å². The van der Waals surface area contributed by atoms with E-state index in [1.807, 2.05) is 44.2 Å². The maximum absolute atomic E-state index is 13.4. The lowest BCUT2D eigenvalue weighted by Crippen LogP contribution is -2.37. The number of hydrazone groups is 1. The first-order chi connectivity index (χ1) is 16.2. The van der Waals surface area contributed by atoms with Gasteiger partial charge in [-0.05, 0) is 80.5 Å². The van der Waals surface area contributed by atoms with Gasteiger partial charge >= 0.3 is 0 Å². The Morgan fingerprint density at radius 1 is 1.18 bits per heavy atom. The number of ether oxygens (including phenoxy) is 2. The highest BCUT2D eigenvalue weighted by Gasteiger charge is 2.31. The molecule has 0 spiro atoms. The Morgan fingerprint density at radius 3 is 2.74 bits per heavy atom. The number of benzene rings is 3. The largest absolute Gasteiger partial charge is 0.489 e. The lowest BCUT2D eigenvalue weighted by atomic mass is 9.92. The molecule has 0 unspecified atom stereocenters. The molecule has 3 aromatic rings. The third kappa shape index (κ3) is 5.85. The molecule has 0 bridgehead atoms. The van der Waals surface area contributed by atoms with Gasteiger partial charge in [-0.2, -0.15) is 5.10 Å². The van der Waals surface area contributed by atoms with Crippen LogP contribution in [-0.2, 0) is 6.61 Å². The number of aryl methyl sites for hydroxylation is 1. The van der Waals surface area contributed by atoms with Gasteiger partial charge in [-0.15, -0.1) is 0 Å². The van der Waals surface area contributed by atoms with Crippen LogP contribution in [0.3, 0.4) is 0 Å². The molecule has 0 aliphatic carbocycles. The minimum Gasteiger partial charge on any atom is -0.489 e. The summed E-state index contributed by atoms with van der Waals surface area (Å²) in [4.78, 5) is 0. The van der Waals surface area contributed by atoms with E-state index < -0.39 is 11.4 Å². The Morgan fingerprint density at radius 2 is 1.97 bits per heavy atom. The van der Waals surface area contributed by atoms with Crippen LogP contribution in [-0.4, -0.2) is 16.4 Å². The molecule has 3 aromatic carbocycles. The molecule has 34 heavy (non-hydrogen) atoms. The van der Waals surface area contributed by atoms with Gasteiger partial charge in [0.05, 0.1) is 10.7 Å². The number of hydrogen-bond donors (Lipinski definition) is 2. The summed E-state index contributed by atoms with van der Waals surface area (Å²) in [7, 11) is 0. The van der Waals surface area contributed by atoms with Crippen LogP contribution in [0, 0.1) is 12.7 Å². The van der Waals surface area contributed by atoms with Gasteiger partial charge in [-0.25, -0.2) is 4.39 Å². The lowest BCUT2D eigenvalue weighted by molar-refractivity contribution is 0.111. The summed E-state index contributed by atoms with van der Waals surface area (Å²) in [6.45, 7) is 6.54. The topological polar surface area (TPSA) is 54.9 Å². The fourth-order valence-electron chi connectivity index (χ4n) is 3.63. The molecule has 5 nitrogen and oxygen atoms in total. The zero-order chi connectivity index (χ0) is 24.3. The van der Waals surface area contributed by atoms with Crippen molar-refractivity contribution in [2.75, 3.05) is 5.32 Å². The molecule has 0 amide bonds. The lowest BCUT2D eigenvalue weighted by Gasteiger charge is -2.33. The minimum atomic E-state index is -0.493. The maximum atomic E-state index is 13.4. The zero-order valence-corrected chi connectivity index (χ0v) is 20.7. The summed E-state index contributed by atoms with van der Waals surface area (Å²) in [5.41, 5.74) is 6.93. The summed E-state index contributed by atoms with van der Waals surface area (Å²) >= 11 is 11.2. The number of rotatable bonds is 5. The van der Waals surface area contributed by atoms with Gasteiger partial charge in [-0.3, -0.25) is 5.43 Å². The smallest absolute Gasteiger partial charge is 0.191 e. The standard InChI is InChI=1S/C26H25ClFN3O2S/c1-16-6-4-5-7-17(16)15-32-19-9-11-24-20(13-19)23(14-26(2,3)33-24)30-31-25(34)29-18-8-10-22(28)21(27)12-18/h4-13H,14-15H2,1-3H3,(H2,29,31,34)/b30-23+. The highest BCUT2D eigenvalue weighted by atomic mass is 35.5. The van der Waals surface area contributed by atoms with Gasteiger partial charge in [0.1, 0.15) is 29.5 Å². The Balaban J connectivity index is 1.51. The third-order valence-electron chi connectivity index (χ3n) is 5.37. The third-order valence-corrected chi connectivity index (χ3v) is 5.85. The molecule has 8 heteroatoms. The fraction of sp³-hybridized carbons (Fsp3) is 0.231. The number of hydrogen-bond acceptors (Lipinski definition) is 4. The summed E-state index contributed by atoms with van der Waals surface area (Å²) in [6.07, 6.45) is 0.569. The van der Waals surface area contributed by atoms with E-state index in [-0.39, 0.29) is 10.1 Å². The molecule has 2 N–H and O–H groups in total. The van der Waals surface area contributed by atoms with Crippen molar-refractivity contribution in [2.45, 2.75) is 39.4 Å². The Labute approximate surface area is 208 Å². The van der Waals surface area contributed by atoms with Gasteiger partial charge in [0, 0.05) is 17.7 Å². The molecule has 0 fully saturated rings. The molecule has 1 heterocycles. The van der Waals surface area contributed by atoms with E-state index in [2.05, 4.69) is 34.9 Å². The predicted octanol–water partition coefficient (Wildman–Crippen LogP) is 6.62. The number of thiocarbonyl (C=S) groups is 1. The van der Waals surface area contributed by atoms with Gasteiger partial charge in [0.15, 0.2) is 5.11 Å². The highest BCUT2D eigenvalue weighted by molar-refractivity contribution is 7.80. The zero-order valence-electron chi connectivity index (χ0n) is 19.1. The van der Waals surface area contributed by atoms with Crippen molar-refractivity contribution in [1.82, 2.24) is 5.43 Å². The molecule has 0 saturated heterocycles. The molecule has 176 valence electrons. The van der Waals surface area contributed by atoms with Crippen molar-refractivity contribution < 1.29 is 13.9 Å². The second-order valence-corrected chi connectivity index (χ2v) is 9.48. The van der Waals surface area contributed by atoms with Crippen LogP contribution in [0.4, 0.5) is 10.1 Å². The number of nitrogens with one attached hydrogen (secondary N) is 2. The van der Waals surface area contributed by atoms with Crippen molar-refractivity contribution in [3.05, 3.63) is 88.2 Å². The van der Waals surface area contributed by atoms with Gasteiger partial charge in [-0.1, -0.05) is 35.9 Å². The quantitative estimate of drug-likeness (QED) is 0.306. The second-order valence-electron chi connectivity index (χ2n) is 8.66. The number of anilines is 1. The van der Waals surface area contributed by atoms with E-state index in [1.165, 1.54) is 17.7 Å². The summed E-state index contributed by atoms with van der Waals surface area (Å²) < 4.78 is 25.6. The first-order valence-corrected chi connectivity index (χ1v) is 11.6. The van der Waals surface area contributed by atoms with E-state index >= 15 is 0 Å². The van der Waals surface area contributed by atoms with E-state index in [1.54, 1.807) is 6.07 Å². The fourth-order valence-corrected chi connectivity index (χ4v) is 3.97. The van der Waals surface area contributed by atoms with Crippen molar-refractivity contribution in [3.63, 3.8) is 0 Å². The van der Waals surface area contributed by atoms with Crippen molar-refractivity contribution in [3.8, 4) is 11.5 Å². The van der Waals surface area contributed by atoms with E-state index in [0.29, 0.717) is 18.7 Å². The van der Waals surface area contributed by atoms with Gasteiger partial charge < -0.3 is 14.8 Å². The average molecular weight is 498 g/mol. The minimum absolute atomic E-state index is 0.0115. The Hall–Kier alpha value is -3.16. The monoisotopic (exact) mass is 497 g/mol. The second kappa shape index (κ2) is 9.99. The molecular weight excluding hydrogens is 473 g/mol. The Kier molecular flexibility index (Phi) is 7.05. The molecule has 0 aromatic heterocycles. The van der Waals surface area contributed by atoms with Crippen LogP contribution < -0.4 is 20.2 Å². The highest BCUT2D eigenvalue weighted by Crippen LogP contribution is 2.35. The first kappa shape index (κ1) is 24.0. The van der Waals surface area contributed by atoms with Crippen LogP contribution >= 0.6 is 23.8 Å². The van der Waals surface area contributed by atoms with Crippen LogP contribution in [0.15, 0.2) is 65.8 Å². The first-order valence-electron chi connectivity index (χ1n) is 10.8. The van der Waals surface area contributed by atoms with Crippen molar-refractivity contribution in [2.24, 2.45) is 5.10 Å². The summed E-state index contributed by atoms with van der Waals surface area (Å²) in [6, 6.07) is 18.1. The molecule has 1 aliphatic rings. The predicted molar refractivity (Wildman–Crippen MR) is 139 cm³/mol. The number of halogens is 2. The number of fused-ring (bicyclic) bond motifs is 1. The molecule has 1 aliphatic heterocycles. The van der Waals surface area contributed by atoms with Crippen molar-refractivity contribution in [1.29, 1.82) is 0 Å². The molecular formula is C26H25ClFN3O2S. The molecule has 0 radical (unpaired) electrons. The van der Waals surface area contributed by atoms with Crippen LogP contribution in [0.1, 0.15) is 37.0 Å². The molecule has 0 atom stereocenters. The van der Waals surface area contributed by atoms with Crippen molar-refractivity contribution >= 4 is 40.3 Å². The van der Waals surface area contributed by atoms with E-state index in [0.717, 1.165) is 28.3 Å². The number of nitrogens with zero attached hydrogens (tertiary/aromatic N) is 1. The van der Waals surface area contributed by atoms with Crippen LogP contribution in [0.2, 0.25) is 5.02 Å². The summed E-state index contributed by atoms with van der Waals surface area (Å²) in [5.74, 6) is 0.955. The average Bonchev–Trinajstić information content (AvgIpc) is 2.79. The van der Waals surface area contributed by atoms with E-state index in [9.17, 15) is 4.39 Å². The molecule has 4 rings (SSSR count). The summed E-state index contributed by atoms with van der Waals surface area (Å²) in [5, 5.41) is 7.77. The Bertz CT molecular complexity index is 1260. The maximum Gasteiger partial charge on any atom is 0.191 e. The van der Waals surface area contributed by atoms with E-state index in [4.69, 9.17) is 33.3 Å². The van der Waals surface area contributed by atoms with Crippen LogP contribution in [0.25, 0.3) is 0 Å².